The van der Waals surface area contributed by atoms with E-state index in [4.69, 9.17) is 17.0 Å². The molecule has 4 heteroatoms. The highest BCUT2D eigenvalue weighted by Gasteiger charge is 2.20. The smallest absolute Gasteiger partial charge is 0.262 e. The third-order valence-corrected chi connectivity index (χ3v) is 1.51. The van der Waals surface area contributed by atoms with E-state index in [-0.39, 0.29) is 6.10 Å². The van der Waals surface area contributed by atoms with E-state index in [1.54, 1.807) is 0 Å². The summed E-state index contributed by atoms with van der Waals surface area (Å²) in [5.74, 6) is 0. The summed E-state index contributed by atoms with van der Waals surface area (Å²) in [4.78, 5) is 0.676. The van der Waals surface area contributed by atoms with Crippen molar-refractivity contribution in [3.8, 4) is 0 Å². The maximum Gasteiger partial charge on any atom is 0.262 e. The first-order chi connectivity index (χ1) is 3.70. The number of ether oxygens (including phenoxy) is 1. The second kappa shape index (κ2) is 1.95. The molecule has 1 N–H and O–H groups in total. The molecule has 1 saturated heterocycles. The molecule has 0 aromatic carbocycles. The first-order valence-electron chi connectivity index (χ1n) is 2.21. The zero-order chi connectivity index (χ0) is 6.15. The van der Waals surface area contributed by atoms with Crippen molar-refractivity contribution in [2.24, 2.45) is 0 Å². The minimum Gasteiger partial charge on any atom is -0.460 e. The topological polar surface area (TPSA) is 21.3 Å². The van der Waals surface area contributed by atoms with Crippen molar-refractivity contribution in [1.82, 2.24) is 5.32 Å². The lowest BCUT2D eigenvalue weighted by atomic mass is 10.4. The molecular formula is C4H5NOS2. The first-order valence-corrected chi connectivity index (χ1v) is 3.03. The molecular weight excluding hydrogens is 142 g/mol. The largest absolute Gasteiger partial charge is 0.460 e. The van der Waals surface area contributed by atoms with Crippen molar-refractivity contribution >= 4 is 34.6 Å². The summed E-state index contributed by atoms with van der Waals surface area (Å²) >= 11 is 9.45. The predicted molar refractivity (Wildman–Crippen MR) is 38.9 cm³/mol. The Morgan fingerprint density at radius 3 is 2.38 bits per heavy atom. The molecule has 1 atom stereocenters. The number of hydrogen-bond acceptors (Lipinski definition) is 3. The second-order valence-electron chi connectivity index (χ2n) is 1.54. The van der Waals surface area contributed by atoms with Crippen molar-refractivity contribution in [3.05, 3.63) is 0 Å². The van der Waals surface area contributed by atoms with E-state index in [0.29, 0.717) is 10.2 Å². The lowest BCUT2D eigenvalue weighted by Crippen LogP contribution is -2.19. The van der Waals surface area contributed by atoms with Crippen LogP contribution in [0.1, 0.15) is 6.92 Å². The van der Waals surface area contributed by atoms with Crippen LogP contribution in [0.25, 0.3) is 0 Å². The summed E-state index contributed by atoms with van der Waals surface area (Å²) in [6, 6.07) is 0. The van der Waals surface area contributed by atoms with Crippen LogP contribution in [-0.2, 0) is 4.74 Å². The van der Waals surface area contributed by atoms with Crippen molar-refractivity contribution in [2.45, 2.75) is 13.0 Å². The van der Waals surface area contributed by atoms with Crippen LogP contribution in [0.5, 0.6) is 0 Å². The van der Waals surface area contributed by atoms with Crippen LogP contribution in [-0.4, -0.2) is 16.3 Å². The fourth-order valence-corrected chi connectivity index (χ4v) is 0.905. The van der Waals surface area contributed by atoms with Gasteiger partial charge in [-0.15, -0.1) is 0 Å². The van der Waals surface area contributed by atoms with Crippen molar-refractivity contribution in [1.29, 1.82) is 0 Å². The maximum absolute atomic E-state index is 4.95. The van der Waals surface area contributed by atoms with Crippen LogP contribution in [0.2, 0.25) is 0 Å². The summed E-state index contributed by atoms with van der Waals surface area (Å²) in [6.45, 7) is 1.86. The van der Waals surface area contributed by atoms with Gasteiger partial charge >= 0.3 is 0 Å². The molecule has 44 valence electrons. The fourth-order valence-electron chi connectivity index (χ4n) is 0.446. The molecule has 0 radical (unpaired) electrons. The fraction of sp³-hybridized carbons (Fsp3) is 0.500. The third kappa shape index (κ3) is 0.952. The first kappa shape index (κ1) is 5.91. The summed E-state index contributed by atoms with van der Waals surface area (Å²) in [5.41, 5.74) is 0. The van der Waals surface area contributed by atoms with Crippen LogP contribution in [0.3, 0.4) is 0 Å². The minimum absolute atomic E-state index is 0.0301. The van der Waals surface area contributed by atoms with Gasteiger partial charge in [-0.1, -0.05) is 12.2 Å². The van der Waals surface area contributed by atoms with E-state index in [1.165, 1.54) is 0 Å². The Labute approximate surface area is 58.2 Å². The third-order valence-electron chi connectivity index (χ3n) is 0.878. The van der Waals surface area contributed by atoms with Gasteiger partial charge < -0.3 is 10.1 Å². The number of rotatable bonds is 0. The van der Waals surface area contributed by atoms with Gasteiger partial charge in [0.25, 0.3) is 5.17 Å². The van der Waals surface area contributed by atoms with Crippen LogP contribution in [0.4, 0.5) is 0 Å². The van der Waals surface area contributed by atoms with Crippen LogP contribution in [0.15, 0.2) is 0 Å². The van der Waals surface area contributed by atoms with Crippen LogP contribution < -0.4 is 5.32 Å². The molecule has 0 aromatic rings. The van der Waals surface area contributed by atoms with Crippen LogP contribution >= 0.6 is 24.4 Å². The van der Waals surface area contributed by atoms with Gasteiger partial charge in [-0.2, -0.15) is 0 Å². The molecule has 1 unspecified atom stereocenters. The Hall–Kier alpha value is -0.220. The molecule has 0 aliphatic carbocycles. The molecule has 1 heterocycles. The van der Waals surface area contributed by atoms with E-state index in [1.807, 2.05) is 6.92 Å². The van der Waals surface area contributed by atoms with E-state index >= 15 is 0 Å². The molecule has 1 rings (SSSR count). The average molecular weight is 147 g/mol. The van der Waals surface area contributed by atoms with Crippen molar-refractivity contribution in [3.63, 3.8) is 0 Å². The Balaban J connectivity index is 2.64. The molecule has 0 saturated carbocycles. The van der Waals surface area contributed by atoms with Crippen molar-refractivity contribution < 1.29 is 4.74 Å². The van der Waals surface area contributed by atoms with E-state index in [2.05, 4.69) is 17.5 Å². The van der Waals surface area contributed by atoms with Gasteiger partial charge in [0.15, 0.2) is 0 Å². The van der Waals surface area contributed by atoms with E-state index < -0.39 is 0 Å². The monoisotopic (exact) mass is 147 g/mol. The lowest BCUT2D eigenvalue weighted by Gasteiger charge is -1.95. The highest BCUT2D eigenvalue weighted by molar-refractivity contribution is 7.82. The average Bonchev–Trinajstić information content (AvgIpc) is 1.85. The molecule has 0 bridgehead atoms. The molecule has 0 spiro atoms. The predicted octanol–water partition coefficient (Wildman–Crippen LogP) is 0.607. The molecule has 8 heavy (non-hydrogen) atoms. The van der Waals surface area contributed by atoms with Gasteiger partial charge in [-0.05, 0) is 19.1 Å². The molecule has 0 amide bonds. The zero-order valence-electron chi connectivity index (χ0n) is 4.30. The highest BCUT2D eigenvalue weighted by Crippen LogP contribution is 2.01. The summed E-state index contributed by atoms with van der Waals surface area (Å²) in [5, 5.41) is 3.10. The summed E-state index contributed by atoms with van der Waals surface area (Å²) < 4.78 is 4.95. The van der Waals surface area contributed by atoms with E-state index in [9.17, 15) is 0 Å². The Morgan fingerprint density at radius 1 is 1.62 bits per heavy atom. The SMILES string of the molecule is CC1OC(=S)NC1=S. The maximum atomic E-state index is 4.95. The van der Waals surface area contributed by atoms with Gasteiger partial charge in [0.1, 0.15) is 11.1 Å². The summed E-state index contributed by atoms with van der Waals surface area (Å²) in [6.07, 6.45) is -0.0301. The van der Waals surface area contributed by atoms with E-state index in [0.717, 1.165) is 0 Å². The van der Waals surface area contributed by atoms with Gasteiger partial charge in [0, 0.05) is 0 Å². The van der Waals surface area contributed by atoms with Gasteiger partial charge in [0.05, 0.1) is 0 Å². The molecule has 1 aliphatic heterocycles. The molecule has 2 nitrogen and oxygen atoms in total. The minimum atomic E-state index is -0.0301. The lowest BCUT2D eigenvalue weighted by molar-refractivity contribution is 0.298. The quantitative estimate of drug-likeness (QED) is 0.506. The Morgan fingerprint density at radius 2 is 2.25 bits per heavy atom. The zero-order valence-corrected chi connectivity index (χ0v) is 5.94. The Bertz CT molecular complexity index is 145. The molecule has 1 aliphatic rings. The Kier molecular flexibility index (Phi) is 1.44. The van der Waals surface area contributed by atoms with Crippen LogP contribution in [0, 0.1) is 0 Å². The molecule has 0 aromatic heterocycles. The normalized spacial score (nSPS) is 27.4. The summed E-state index contributed by atoms with van der Waals surface area (Å²) in [7, 11) is 0. The highest BCUT2D eigenvalue weighted by atomic mass is 32.1. The number of thiocarbonyl (C=S) groups is 2. The number of hydrogen-bond donors (Lipinski definition) is 1. The standard InChI is InChI=1S/C4H5NOS2/c1-2-3(7)5-4(8)6-2/h2H,1H3,(H,5,7,8). The van der Waals surface area contributed by atoms with Gasteiger partial charge in [-0.3, -0.25) is 0 Å². The second-order valence-corrected chi connectivity index (χ2v) is 2.35. The van der Waals surface area contributed by atoms with Gasteiger partial charge in [-0.25, -0.2) is 0 Å². The van der Waals surface area contributed by atoms with Gasteiger partial charge in [0.2, 0.25) is 0 Å². The van der Waals surface area contributed by atoms with Crippen molar-refractivity contribution in [2.75, 3.05) is 0 Å². The number of nitrogens with one attached hydrogen (secondary N) is 1. The molecule has 1 fully saturated rings.